The summed E-state index contributed by atoms with van der Waals surface area (Å²) in [4.78, 5) is 11.7. The third-order valence-electron chi connectivity index (χ3n) is 2.76. The minimum atomic E-state index is -0.358. The molecule has 2 aromatic carbocycles. The molecule has 2 aromatic rings. The quantitative estimate of drug-likeness (QED) is 0.548. The highest BCUT2D eigenvalue weighted by Crippen LogP contribution is 2.29. The van der Waals surface area contributed by atoms with E-state index in [9.17, 15) is 4.79 Å². The Kier molecular flexibility index (Phi) is 6.61. The van der Waals surface area contributed by atoms with Crippen molar-refractivity contribution in [1.82, 2.24) is 5.43 Å². The molecule has 0 aliphatic carbocycles. The van der Waals surface area contributed by atoms with Gasteiger partial charge in [-0.2, -0.15) is 5.10 Å². The number of carbonyl (C=O) groups excluding carboxylic acids is 1. The van der Waals surface area contributed by atoms with Gasteiger partial charge in [0.05, 0.1) is 13.3 Å². The highest BCUT2D eigenvalue weighted by molar-refractivity contribution is 9.10. The molecule has 0 bridgehead atoms. The summed E-state index contributed by atoms with van der Waals surface area (Å²) in [7, 11) is 1.54. The topological polar surface area (TPSA) is 59.9 Å². The summed E-state index contributed by atoms with van der Waals surface area (Å²) < 4.78 is 12.5. The number of hydrogen-bond donors (Lipinski definition) is 1. The van der Waals surface area contributed by atoms with E-state index in [-0.39, 0.29) is 12.5 Å². The summed E-state index contributed by atoms with van der Waals surface area (Å²) in [6.07, 6.45) is 1.56. The lowest BCUT2D eigenvalue weighted by atomic mass is 10.2. The van der Waals surface area contributed by atoms with Crippen molar-refractivity contribution >= 4 is 44.0 Å². The SMILES string of the molecule is COc1cc(Br)ccc1OCC(=O)NN=Cc1ccc(Br)cc1. The maximum atomic E-state index is 11.7. The molecule has 0 unspecified atom stereocenters. The van der Waals surface area contributed by atoms with E-state index in [0.29, 0.717) is 11.5 Å². The summed E-state index contributed by atoms with van der Waals surface area (Å²) in [5, 5.41) is 3.88. The van der Waals surface area contributed by atoms with Gasteiger partial charge in [-0.25, -0.2) is 5.43 Å². The first kappa shape index (κ1) is 17.5. The van der Waals surface area contributed by atoms with Gasteiger partial charge in [-0.1, -0.05) is 44.0 Å². The van der Waals surface area contributed by atoms with Crippen LogP contribution in [-0.4, -0.2) is 25.8 Å². The van der Waals surface area contributed by atoms with E-state index in [1.165, 1.54) is 7.11 Å². The molecule has 0 atom stereocenters. The van der Waals surface area contributed by atoms with Crippen molar-refractivity contribution in [2.45, 2.75) is 0 Å². The lowest BCUT2D eigenvalue weighted by Crippen LogP contribution is -2.24. The van der Waals surface area contributed by atoms with Gasteiger partial charge in [0, 0.05) is 8.95 Å². The number of benzene rings is 2. The van der Waals surface area contributed by atoms with Crippen molar-refractivity contribution in [3.05, 3.63) is 57.0 Å². The second-order valence-corrected chi connectivity index (χ2v) is 6.26. The van der Waals surface area contributed by atoms with Gasteiger partial charge >= 0.3 is 0 Å². The number of carbonyl (C=O) groups is 1. The zero-order valence-corrected chi connectivity index (χ0v) is 15.4. The fourth-order valence-electron chi connectivity index (χ4n) is 1.66. The van der Waals surface area contributed by atoms with Crippen LogP contribution in [0.1, 0.15) is 5.56 Å². The molecule has 23 heavy (non-hydrogen) atoms. The zero-order valence-electron chi connectivity index (χ0n) is 12.3. The van der Waals surface area contributed by atoms with Gasteiger partial charge in [0.25, 0.3) is 5.91 Å². The Morgan fingerprint density at radius 2 is 1.83 bits per heavy atom. The summed E-state index contributed by atoms with van der Waals surface area (Å²) in [5.74, 6) is 0.677. The normalized spacial score (nSPS) is 10.6. The van der Waals surface area contributed by atoms with Crippen molar-refractivity contribution in [2.24, 2.45) is 5.10 Å². The van der Waals surface area contributed by atoms with E-state index in [1.807, 2.05) is 24.3 Å². The monoisotopic (exact) mass is 440 g/mol. The number of amides is 1. The Bertz CT molecular complexity index is 703. The fourth-order valence-corrected chi connectivity index (χ4v) is 2.27. The van der Waals surface area contributed by atoms with Crippen LogP contribution in [0, 0.1) is 0 Å². The van der Waals surface area contributed by atoms with Gasteiger partial charge in [-0.3, -0.25) is 4.79 Å². The van der Waals surface area contributed by atoms with Gasteiger partial charge < -0.3 is 9.47 Å². The van der Waals surface area contributed by atoms with Crippen molar-refractivity contribution in [2.75, 3.05) is 13.7 Å². The standard InChI is InChI=1S/C16H14Br2N2O3/c1-22-15-8-13(18)6-7-14(15)23-10-16(21)20-19-9-11-2-4-12(17)5-3-11/h2-9H,10H2,1H3,(H,20,21). The van der Waals surface area contributed by atoms with Gasteiger partial charge in [-0.05, 0) is 35.9 Å². The van der Waals surface area contributed by atoms with Gasteiger partial charge in [0.2, 0.25) is 0 Å². The summed E-state index contributed by atoms with van der Waals surface area (Å²) >= 11 is 6.69. The molecule has 0 heterocycles. The van der Waals surface area contributed by atoms with Crippen molar-refractivity contribution in [1.29, 1.82) is 0 Å². The molecule has 120 valence electrons. The Hall–Kier alpha value is -1.86. The molecule has 2 rings (SSSR count). The highest BCUT2D eigenvalue weighted by atomic mass is 79.9. The molecule has 1 amide bonds. The Morgan fingerprint density at radius 3 is 2.52 bits per heavy atom. The van der Waals surface area contributed by atoms with E-state index in [2.05, 4.69) is 42.4 Å². The Morgan fingerprint density at radius 1 is 1.13 bits per heavy atom. The molecule has 0 aliphatic rings. The first-order valence-electron chi connectivity index (χ1n) is 6.62. The van der Waals surface area contributed by atoms with Crippen LogP contribution in [-0.2, 0) is 4.79 Å². The summed E-state index contributed by atoms with van der Waals surface area (Å²) in [6.45, 7) is -0.157. The smallest absolute Gasteiger partial charge is 0.277 e. The molecule has 0 aromatic heterocycles. The molecule has 0 saturated heterocycles. The average molecular weight is 442 g/mol. The average Bonchev–Trinajstić information content (AvgIpc) is 2.55. The number of methoxy groups -OCH3 is 1. The Balaban J connectivity index is 1.84. The van der Waals surface area contributed by atoms with E-state index >= 15 is 0 Å². The molecule has 0 fully saturated rings. The number of hydrazone groups is 1. The highest BCUT2D eigenvalue weighted by Gasteiger charge is 2.07. The third-order valence-corrected chi connectivity index (χ3v) is 3.78. The number of hydrogen-bond acceptors (Lipinski definition) is 4. The summed E-state index contributed by atoms with van der Waals surface area (Å²) in [6, 6.07) is 12.8. The minimum absolute atomic E-state index is 0.157. The van der Waals surface area contributed by atoms with E-state index in [0.717, 1.165) is 14.5 Å². The molecule has 5 nitrogen and oxygen atoms in total. The molecular formula is C16H14Br2N2O3. The number of halogens is 2. The van der Waals surface area contributed by atoms with Crippen LogP contribution in [0.4, 0.5) is 0 Å². The lowest BCUT2D eigenvalue weighted by Gasteiger charge is -2.10. The van der Waals surface area contributed by atoms with Crippen molar-refractivity contribution < 1.29 is 14.3 Å². The van der Waals surface area contributed by atoms with E-state index in [4.69, 9.17) is 9.47 Å². The molecule has 0 aliphatic heterocycles. The van der Waals surface area contributed by atoms with Gasteiger partial charge in [0.1, 0.15) is 0 Å². The molecular weight excluding hydrogens is 428 g/mol. The van der Waals surface area contributed by atoms with Crippen molar-refractivity contribution in [3.63, 3.8) is 0 Å². The fraction of sp³-hybridized carbons (Fsp3) is 0.125. The first-order chi connectivity index (χ1) is 11.1. The number of ether oxygens (including phenoxy) is 2. The molecule has 0 saturated carbocycles. The van der Waals surface area contributed by atoms with E-state index < -0.39 is 0 Å². The predicted molar refractivity (Wildman–Crippen MR) is 96.1 cm³/mol. The van der Waals surface area contributed by atoms with Crippen LogP contribution in [0.3, 0.4) is 0 Å². The van der Waals surface area contributed by atoms with Gasteiger partial charge in [-0.15, -0.1) is 0 Å². The van der Waals surface area contributed by atoms with Gasteiger partial charge in [0.15, 0.2) is 18.1 Å². The van der Waals surface area contributed by atoms with Crippen molar-refractivity contribution in [3.8, 4) is 11.5 Å². The number of rotatable bonds is 6. The van der Waals surface area contributed by atoms with Crippen LogP contribution in [0.2, 0.25) is 0 Å². The lowest BCUT2D eigenvalue weighted by molar-refractivity contribution is -0.123. The maximum absolute atomic E-state index is 11.7. The molecule has 1 N–H and O–H groups in total. The molecule has 0 radical (unpaired) electrons. The number of nitrogens with one attached hydrogen (secondary N) is 1. The van der Waals surface area contributed by atoms with Crippen LogP contribution in [0.25, 0.3) is 0 Å². The van der Waals surface area contributed by atoms with E-state index in [1.54, 1.807) is 24.4 Å². The van der Waals surface area contributed by atoms with Crippen LogP contribution in [0.5, 0.6) is 11.5 Å². The third kappa shape index (κ3) is 5.69. The largest absolute Gasteiger partial charge is 0.493 e. The predicted octanol–water partition coefficient (Wildman–Crippen LogP) is 3.75. The van der Waals surface area contributed by atoms with Crippen LogP contribution >= 0.6 is 31.9 Å². The molecule has 7 heteroatoms. The zero-order chi connectivity index (χ0) is 16.7. The second-order valence-electron chi connectivity index (χ2n) is 4.43. The maximum Gasteiger partial charge on any atom is 0.277 e. The Labute approximate surface area is 150 Å². The molecule has 0 spiro atoms. The van der Waals surface area contributed by atoms with Crippen LogP contribution in [0.15, 0.2) is 56.5 Å². The minimum Gasteiger partial charge on any atom is -0.493 e. The first-order valence-corrected chi connectivity index (χ1v) is 8.21. The number of nitrogens with zero attached hydrogens (tertiary/aromatic N) is 1. The summed E-state index contributed by atoms with van der Waals surface area (Å²) in [5.41, 5.74) is 3.29. The van der Waals surface area contributed by atoms with Crippen LogP contribution < -0.4 is 14.9 Å². The second kappa shape index (κ2) is 8.69.